The van der Waals surface area contributed by atoms with Gasteiger partial charge in [-0.05, 0) is 32.4 Å². The fourth-order valence-corrected chi connectivity index (χ4v) is 4.64. The lowest BCUT2D eigenvalue weighted by Crippen LogP contribution is -2.54. The van der Waals surface area contributed by atoms with Gasteiger partial charge in [-0.3, -0.25) is 0 Å². The second-order valence-corrected chi connectivity index (χ2v) is 6.99. The Hall–Kier alpha value is -0.210. The minimum Gasteiger partial charge on any atom is -0.379 e. The van der Waals surface area contributed by atoms with Gasteiger partial charge >= 0.3 is 0 Å². The fourth-order valence-electron chi connectivity index (χ4n) is 2.73. The summed E-state index contributed by atoms with van der Waals surface area (Å²) in [6.07, 6.45) is 2.67. The lowest BCUT2D eigenvalue weighted by atomic mass is 10.1. The molecule has 0 radical (unpaired) electrons. The minimum atomic E-state index is -3.33. The van der Waals surface area contributed by atoms with E-state index in [4.69, 9.17) is 4.74 Å². The van der Waals surface area contributed by atoms with Crippen molar-refractivity contribution >= 4 is 10.2 Å². The molecule has 0 aromatic carbocycles. The first-order valence-corrected chi connectivity index (χ1v) is 8.61. The summed E-state index contributed by atoms with van der Waals surface area (Å²) < 4.78 is 34.0. The number of nitrogens with one attached hydrogen (secondary N) is 1. The first-order chi connectivity index (χ1) is 9.16. The third-order valence-electron chi connectivity index (χ3n) is 3.75. The highest BCUT2D eigenvalue weighted by molar-refractivity contribution is 7.86. The summed E-state index contributed by atoms with van der Waals surface area (Å²) in [4.78, 5) is 0. The Labute approximate surface area is 116 Å². The van der Waals surface area contributed by atoms with E-state index < -0.39 is 10.2 Å². The number of ether oxygens (including phenoxy) is 1. The van der Waals surface area contributed by atoms with Crippen molar-refractivity contribution in [2.24, 2.45) is 0 Å². The summed E-state index contributed by atoms with van der Waals surface area (Å²) >= 11 is 0. The van der Waals surface area contributed by atoms with Gasteiger partial charge in [0.1, 0.15) is 0 Å². The van der Waals surface area contributed by atoms with Crippen molar-refractivity contribution in [1.82, 2.24) is 13.9 Å². The average molecular weight is 291 g/mol. The summed E-state index contributed by atoms with van der Waals surface area (Å²) in [5.41, 5.74) is 0. The van der Waals surface area contributed by atoms with Crippen molar-refractivity contribution in [2.45, 2.75) is 32.2 Å². The smallest absolute Gasteiger partial charge is 0.282 e. The monoisotopic (exact) mass is 291 g/mol. The summed E-state index contributed by atoms with van der Waals surface area (Å²) in [6.45, 7) is 6.43. The molecule has 112 valence electrons. The molecule has 0 spiro atoms. The third kappa shape index (κ3) is 3.66. The lowest BCUT2D eigenvalue weighted by Gasteiger charge is -2.38. The van der Waals surface area contributed by atoms with E-state index in [1.165, 1.54) is 0 Å². The molecular formula is C12H25N3O3S. The molecule has 0 atom stereocenters. The van der Waals surface area contributed by atoms with Gasteiger partial charge in [-0.25, -0.2) is 0 Å². The number of hydrogen-bond donors (Lipinski definition) is 1. The Morgan fingerprint density at radius 1 is 1.26 bits per heavy atom. The van der Waals surface area contributed by atoms with Crippen LogP contribution < -0.4 is 5.32 Å². The van der Waals surface area contributed by atoms with Crippen LogP contribution in [-0.2, 0) is 14.9 Å². The van der Waals surface area contributed by atoms with E-state index in [1.54, 1.807) is 8.61 Å². The highest BCUT2D eigenvalue weighted by Gasteiger charge is 2.35. The fraction of sp³-hybridized carbons (Fsp3) is 1.00. The summed E-state index contributed by atoms with van der Waals surface area (Å²) in [5.74, 6) is 0. The summed E-state index contributed by atoms with van der Waals surface area (Å²) in [7, 11) is -3.33. The SMILES string of the molecule is CCCN(C1CCNCC1)S(=O)(=O)N1CCOCC1. The van der Waals surface area contributed by atoms with Crippen LogP contribution in [0.2, 0.25) is 0 Å². The van der Waals surface area contributed by atoms with Gasteiger partial charge in [-0.15, -0.1) is 0 Å². The molecule has 0 amide bonds. The molecule has 0 aromatic heterocycles. The van der Waals surface area contributed by atoms with Crippen LogP contribution in [0.25, 0.3) is 0 Å². The molecule has 0 saturated carbocycles. The van der Waals surface area contributed by atoms with E-state index in [1.807, 2.05) is 6.92 Å². The predicted octanol–water partition coefficient (Wildman–Crippen LogP) is 0.0274. The standard InChI is InChI=1S/C12H25N3O3S/c1-2-7-15(12-3-5-13-6-4-12)19(16,17)14-8-10-18-11-9-14/h12-13H,2-11H2,1H3. The third-order valence-corrected chi connectivity index (χ3v) is 5.84. The maximum absolute atomic E-state index is 12.8. The molecule has 0 aliphatic carbocycles. The number of piperidine rings is 1. The minimum absolute atomic E-state index is 0.147. The van der Waals surface area contributed by atoms with Crippen LogP contribution >= 0.6 is 0 Å². The molecule has 6 nitrogen and oxygen atoms in total. The summed E-state index contributed by atoms with van der Waals surface area (Å²) in [6, 6.07) is 0.147. The second-order valence-electron chi connectivity index (χ2n) is 5.11. The predicted molar refractivity (Wildman–Crippen MR) is 74.2 cm³/mol. The zero-order valence-electron chi connectivity index (χ0n) is 11.7. The van der Waals surface area contributed by atoms with E-state index in [-0.39, 0.29) is 6.04 Å². The second kappa shape index (κ2) is 6.99. The van der Waals surface area contributed by atoms with Gasteiger partial charge in [0.05, 0.1) is 13.2 Å². The van der Waals surface area contributed by atoms with Crippen LogP contribution in [-0.4, -0.2) is 69.0 Å². The average Bonchev–Trinajstić information content (AvgIpc) is 2.46. The van der Waals surface area contributed by atoms with Gasteiger partial charge < -0.3 is 10.1 Å². The molecule has 2 aliphatic heterocycles. The van der Waals surface area contributed by atoms with Gasteiger partial charge in [0.15, 0.2) is 0 Å². The van der Waals surface area contributed by atoms with Gasteiger partial charge in [-0.2, -0.15) is 17.0 Å². The van der Waals surface area contributed by atoms with E-state index in [0.29, 0.717) is 32.8 Å². The number of rotatable bonds is 5. The van der Waals surface area contributed by atoms with Gasteiger partial charge in [0.2, 0.25) is 0 Å². The Balaban J connectivity index is 2.11. The number of hydrogen-bond acceptors (Lipinski definition) is 4. The van der Waals surface area contributed by atoms with Crippen molar-refractivity contribution in [3.63, 3.8) is 0 Å². The quantitative estimate of drug-likeness (QED) is 0.776. The zero-order valence-corrected chi connectivity index (χ0v) is 12.5. The Bertz CT molecular complexity index is 362. The Morgan fingerprint density at radius 3 is 2.47 bits per heavy atom. The molecule has 2 heterocycles. The number of morpholine rings is 1. The number of nitrogens with zero attached hydrogens (tertiary/aromatic N) is 2. The Kier molecular flexibility index (Phi) is 5.58. The highest BCUT2D eigenvalue weighted by atomic mass is 32.2. The van der Waals surface area contributed by atoms with Gasteiger partial charge in [-0.1, -0.05) is 6.92 Å². The molecule has 0 aromatic rings. The topological polar surface area (TPSA) is 61.9 Å². The van der Waals surface area contributed by atoms with Crippen molar-refractivity contribution in [2.75, 3.05) is 45.9 Å². The van der Waals surface area contributed by atoms with Crippen LogP contribution in [0.15, 0.2) is 0 Å². The molecule has 2 fully saturated rings. The van der Waals surface area contributed by atoms with Gasteiger partial charge in [0.25, 0.3) is 10.2 Å². The van der Waals surface area contributed by atoms with E-state index >= 15 is 0 Å². The van der Waals surface area contributed by atoms with Crippen LogP contribution in [0.1, 0.15) is 26.2 Å². The van der Waals surface area contributed by atoms with Crippen molar-refractivity contribution in [3.05, 3.63) is 0 Å². The molecule has 7 heteroatoms. The Morgan fingerprint density at radius 2 is 1.89 bits per heavy atom. The first-order valence-electron chi connectivity index (χ1n) is 7.21. The molecule has 0 unspecified atom stereocenters. The molecule has 2 aliphatic rings. The maximum atomic E-state index is 12.8. The van der Waals surface area contributed by atoms with Crippen molar-refractivity contribution in [1.29, 1.82) is 0 Å². The first kappa shape index (κ1) is 15.2. The lowest BCUT2D eigenvalue weighted by molar-refractivity contribution is 0.0686. The van der Waals surface area contributed by atoms with Crippen LogP contribution in [0.5, 0.6) is 0 Å². The van der Waals surface area contributed by atoms with Crippen molar-refractivity contribution < 1.29 is 13.2 Å². The maximum Gasteiger partial charge on any atom is 0.282 e. The molecule has 19 heavy (non-hydrogen) atoms. The van der Waals surface area contributed by atoms with Gasteiger partial charge in [0, 0.05) is 25.7 Å². The molecule has 2 rings (SSSR count). The zero-order chi connectivity index (χ0) is 13.7. The normalized spacial score (nSPS) is 23.9. The molecule has 2 saturated heterocycles. The van der Waals surface area contributed by atoms with Crippen molar-refractivity contribution in [3.8, 4) is 0 Å². The van der Waals surface area contributed by atoms with Crippen LogP contribution in [0.3, 0.4) is 0 Å². The van der Waals surface area contributed by atoms with E-state index in [2.05, 4.69) is 5.32 Å². The molecule has 1 N–H and O–H groups in total. The van der Waals surface area contributed by atoms with Crippen LogP contribution in [0, 0.1) is 0 Å². The molecular weight excluding hydrogens is 266 g/mol. The summed E-state index contributed by atoms with van der Waals surface area (Å²) in [5, 5.41) is 3.29. The highest BCUT2D eigenvalue weighted by Crippen LogP contribution is 2.20. The van der Waals surface area contributed by atoms with E-state index in [0.717, 1.165) is 32.4 Å². The van der Waals surface area contributed by atoms with Crippen LogP contribution in [0.4, 0.5) is 0 Å². The largest absolute Gasteiger partial charge is 0.379 e. The van der Waals surface area contributed by atoms with E-state index in [9.17, 15) is 8.42 Å². The molecule has 0 bridgehead atoms.